The SMILES string of the molecule is O=C(NC1(C(=O)O)CCCCC1)c1c(O)c2nc(-c3ccc(F)cc3)cnc2n(CCN2CCCOCC2)c1=O. The Morgan fingerprint density at radius 2 is 1.80 bits per heavy atom. The molecule has 3 N–H and O–H groups in total. The van der Waals surface area contributed by atoms with E-state index in [9.17, 15) is 29.0 Å². The Kier molecular flexibility index (Phi) is 8.08. The topological polar surface area (TPSA) is 147 Å². The van der Waals surface area contributed by atoms with Gasteiger partial charge < -0.3 is 20.3 Å². The number of pyridine rings is 1. The number of fused-ring (bicyclic) bond motifs is 1. The number of aromatic hydroxyl groups is 1. The monoisotopic (exact) mass is 553 g/mol. The zero-order valence-electron chi connectivity index (χ0n) is 22.1. The van der Waals surface area contributed by atoms with Crippen LogP contribution < -0.4 is 10.9 Å². The first-order chi connectivity index (χ1) is 19.3. The van der Waals surface area contributed by atoms with Crippen LogP contribution in [0.4, 0.5) is 4.39 Å². The highest BCUT2D eigenvalue weighted by atomic mass is 19.1. The molecule has 2 aliphatic rings. The average molecular weight is 554 g/mol. The van der Waals surface area contributed by atoms with Crippen LogP contribution in [0.3, 0.4) is 0 Å². The Labute approximate surface area is 229 Å². The second-order valence-corrected chi connectivity index (χ2v) is 10.3. The summed E-state index contributed by atoms with van der Waals surface area (Å²) in [6, 6.07) is 5.54. The van der Waals surface area contributed by atoms with Crippen LogP contribution in [0.2, 0.25) is 0 Å². The van der Waals surface area contributed by atoms with Crippen LogP contribution >= 0.6 is 0 Å². The number of aliphatic carboxylic acids is 1. The van der Waals surface area contributed by atoms with Gasteiger partial charge in [0, 0.05) is 38.3 Å². The summed E-state index contributed by atoms with van der Waals surface area (Å²) in [7, 11) is 0. The Morgan fingerprint density at radius 3 is 2.52 bits per heavy atom. The van der Waals surface area contributed by atoms with E-state index in [-0.39, 0.29) is 30.6 Å². The van der Waals surface area contributed by atoms with Gasteiger partial charge in [0.1, 0.15) is 22.4 Å². The Hall–Kier alpha value is -3.90. The van der Waals surface area contributed by atoms with Crippen molar-refractivity contribution in [2.75, 3.05) is 32.8 Å². The number of carbonyl (C=O) groups excluding carboxylic acids is 1. The number of ether oxygens (including phenoxy) is 1. The van der Waals surface area contributed by atoms with Crippen molar-refractivity contribution >= 4 is 23.0 Å². The van der Waals surface area contributed by atoms with Crippen LogP contribution in [0.1, 0.15) is 48.9 Å². The lowest BCUT2D eigenvalue weighted by Crippen LogP contribution is -2.56. The number of hydrogen-bond donors (Lipinski definition) is 3. The van der Waals surface area contributed by atoms with Crippen LogP contribution in [0.5, 0.6) is 5.75 Å². The molecular weight excluding hydrogens is 521 g/mol. The highest BCUT2D eigenvalue weighted by molar-refractivity contribution is 6.03. The fraction of sp³-hybridized carbons (Fsp3) is 0.464. The van der Waals surface area contributed by atoms with Gasteiger partial charge in [-0.2, -0.15) is 0 Å². The van der Waals surface area contributed by atoms with Crippen molar-refractivity contribution < 1.29 is 28.9 Å². The molecule has 1 amide bonds. The van der Waals surface area contributed by atoms with Gasteiger partial charge in [-0.05, 0) is 43.5 Å². The summed E-state index contributed by atoms with van der Waals surface area (Å²) in [5.74, 6) is -3.26. The van der Waals surface area contributed by atoms with Crippen LogP contribution in [0, 0.1) is 5.82 Å². The number of aromatic nitrogens is 3. The molecule has 1 aliphatic carbocycles. The Morgan fingerprint density at radius 1 is 1.05 bits per heavy atom. The molecule has 0 unspecified atom stereocenters. The van der Waals surface area contributed by atoms with E-state index in [4.69, 9.17) is 4.74 Å². The van der Waals surface area contributed by atoms with Gasteiger partial charge in [-0.1, -0.05) is 19.3 Å². The third-order valence-electron chi connectivity index (χ3n) is 7.72. The van der Waals surface area contributed by atoms with Crippen LogP contribution in [-0.4, -0.2) is 79.9 Å². The number of benzene rings is 1. The van der Waals surface area contributed by atoms with Gasteiger partial charge in [0.2, 0.25) is 0 Å². The van der Waals surface area contributed by atoms with Gasteiger partial charge in [0.05, 0.1) is 18.5 Å². The fourth-order valence-electron chi connectivity index (χ4n) is 5.45. The highest BCUT2D eigenvalue weighted by Crippen LogP contribution is 2.31. The minimum absolute atomic E-state index is 0.0845. The van der Waals surface area contributed by atoms with Crippen molar-refractivity contribution in [3.63, 3.8) is 0 Å². The minimum atomic E-state index is -1.53. The Balaban J connectivity index is 1.59. The number of carbonyl (C=O) groups is 2. The molecule has 3 heterocycles. The van der Waals surface area contributed by atoms with Gasteiger partial charge >= 0.3 is 5.97 Å². The summed E-state index contributed by atoms with van der Waals surface area (Å²) >= 11 is 0. The lowest BCUT2D eigenvalue weighted by molar-refractivity contribution is -0.145. The molecule has 0 spiro atoms. The molecule has 5 rings (SSSR count). The molecule has 1 saturated carbocycles. The molecule has 1 saturated heterocycles. The molecule has 0 atom stereocenters. The van der Waals surface area contributed by atoms with E-state index in [1.165, 1.54) is 35.0 Å². The second kappa shape index (κ2) is 11.7. The minimum Gasteiger partial charge on any atom is -0.505 e. The fourth-order valence-corrected chi connectivity index (χ4v) is 5.45. The molecular formula is C28H32FN5O6. The third kappa shape index (κ3) is 5.54. The quantitative estimate of drug-likeness (QED) is 0.402. The van der Waals surface area contributed by atoms with E-state index in [0.29, 0.717) is 50.4 Å². The third-order valence-corrected chi connectivity index (χ3v) is 7.72. The molecule has 2 aromatic heterocycles. The lowest BCUT2D eigenvalue weighted by Gasteiger charge is -2.34. The Bertz CT molecular complexity index is 1460. The van der Waals surface area contributed by atoms with Gasteiger partial charge in [0.15, 0.2) is 11.4 Å². The van der Waals surface area contributed by atoms with E-state index in [0.717, 1.165) is 19.4 Å². The summed E-state index contributed by atoms with van der Waals surface area (Å²) < 4.78 is 20.3. The van der Waals surface area contributed by atoms with E-state index >= 15 is 0 Å². The molecule has 12 heteroatoms. The number of nitrogens with one attached hydrogen (secondary N) is 1. The first-order valence-corrected chi connectivity index (χ1v) is 13.5. The van der Waals surface area contributed by atoms with E-state index in [2.05, 4.69) is 20.2 Å². The first kappa shape index (κ1) is 27.7. The predicted octanol–water partition coefficient (Wildman–Crippen LogP) is 2.54. The number of hydrogen-bond acceptors (Lipinski definition) is 8. The molecule has 2 fully saturated rings. The first-order valence-electron chi connectivity index (χ1n) is 13.5. The van der Waals surface area contributed by atoms with Crippen LogP contribution in [0.15, 0.2) is 35.3 Å². The van der Waals surface area contributed by atoms with E-state index in [1.807, 2.05) is 0 Å². The normalized spacial score (nSPS) is 17.8. The van der Waals surface area contributed by atoms with Crippen molar-refractivity contribution in [1.29, 1.82) is 0 Å². The van der Waals surface area contributed by atoms with Crippen molar-refractivity contribution in [3.05, 3.63) is 52.2 Å². The highest BCUT2D eigenvalue weighted by Gasteiger charge is 2.42. The van der Waals surface area contributed by atoms with Crippen molar-refractivity contribution in [2.24, 2.45) is 0 Å². The number of rotatable bonds is 7. The summed E-state index contributed by atoms with van der Waals surface area (Å²) in [6.07, 6.45) is 4.80. The van der Waals surface area contributed by atoms with Crippen molar-refractivity contribution in [1.82, 2.24) is 24.8 Å². The molecule has 0 radical (unpaired) electrons. The predicted molar refractivity (Wildman–Crippen MR) is 144 cm³/mol. The number of halogens is 1. The van der Waals surface area contributed by atoms with Gasteiger partial charge in [-0.25, -0.2) is 19.2 Å². The molecule has 1 aromatic carbocycles. The molecule has 40 heavy (non-hydrogen) atoms. The smallest absolute Gasteiger partial charge is 0.329 e. The van der Waals surface area contributed by atoms with E-state index in [1.54, 1.807) is 0 Å². The summed E-state index contributed by atoms with van der Waals surface area (Å²) in [6.45, 7) is 3.30. The standard InChI is InChI=1S/C28H32FN5O6/c29-19-7-5-18(6-8-19)20-17-30-24-22(31-20)23(35)21(25(36)32-28(27(38)39)9-2-1-3-10-28)26(37)34(24)13-12-33-11-4-15-40-16-14-33/h5-8,17,35H,1-4,9-16H2,(H,32,36)(H,38,39). The van der Waals surface area contributed by atoms with E-state index < -0.39 is 40.1 Å². The number of carboxylic acids is 1. The lowest BCUT2D eigenvalue weighted by atomic mass is 9.81. The summed E-state index contributed by atoms with van der Waals surface area (Å²) in [5, 5.41) is 23.8. The zero-order valence-corrected chi connectivity index (χ0v) is 22.1. The second-order valence-electron chi connectivity index (χ2n) is 10.3. The summed E-state index contributed by atoms with van der Waals surface area (Å²) in [4.78, 5) is 50.5. The van der Waals surface area contributed by atoms with Crippen LogP contribution in [0.25, 0.3) is 22.4 Å². The molecule has 3 aromatic rings. The maximum Gasteiger partial charge on any atom is 0.329 e. The number of carboxylic acid groups (broad SMARTS) is 1. The molecule has 1 aliphatic heterocycles. The largest absolute Gasteiger partial charge is 0.505 e. The molecule has 0 bridgehead atoms. The summed E-state index contributed by atoms with van der Waals surface area (Å²) in [5.41, 5.74) is -2.06. The maximum atomic E-state index is 13.7. The van der Waals surface area contributed by atoms with Crippen LogP contribution in [-0.2, 0) is 16.1 Å². The zero-order chi connectivity index (χ0) is 28.3. The van der Waals surface area contributed by atoms with Gasteiger partial charge in [-0.15, -0.1) is 0 Å². The van der Waals surface area contributed by atoms with Gasteiger partial charge in [0.25, 0.3) is 11.5 Å². The van der Waals surface area contributed by atoms with Crippen molar-refractivity contribution in [3.8, 4) is 17.0 Å². The average Bonchev–Trinajstić information content (AvgIpc) is 3.23. The number of amides is 1. The molecule has 11 nitrogen and oxygen atoms in total. The maximum absolute atomic E-state index is 13.7. The van der Waals surface area contributed by atoms with Gasteiger partial charge in [-0.3, -0.25) is 19.1 Å². The molecule has 212 valence electrons. The number of nitrogens with zero attached hydrogens (tertiary/aromatic N) is 4. The van der Waals surface area contributed by atoms with Crippen molar-refractivity contribution in [2.45, 2.75) is 50.6 Å².